The number of rotatable bonds is 18. The summed E-state index contributed by atoms with van der Waals surface area (Å²) in [5, 5.41) is 35.0. The van der Waals surface area contributed by atoms with Gasteiger partial charge in [-0.25, -0.2) is 0 Å². The molecule has 11 amide bonds. The smallest absolute Gasteiger partial charge is 0.246 e. The van der Waals surface area contributed by atoms with Crippen LogP contribution in [0, 0.1) is 51.5 Å². The second-order valence-corrected chi connectivity index (χ2v) is 27.2. The Kier molecular flexibility index (Phi) is 33.4. The van der Waals surface area contributed by atoms with Crippen molar-refractivity contribution >= 4 is 65.0 Å². The SMILES string of the molecule is CC=CC[C@@H](C)[C@@H](O)[C@H]1C(=O)N[C@@H](CC)C(=O)N(C)[C@H](CC[N+](=O)[O-])C(=O)N(C)[C@@H](CC(C)C)C(=O)N[C@@H](C(C)C)C(=O)N(C)[C@@H](CC(C)C)C(=O)N[C@@H](C)C(=O)N[C@H](C)C(=O)N(C)[C@@H](CC(C)C)C(=O)N(C)[C@@H](CC(C)C)C(=O)N(C)[C@@H](C(C)C)C(=O)N1C. The first-order valence-electron chi connectivity index (χ1n) is 32.0. The highest BCUT2D eigenvalue weighted by molar-refractivity contribution is 6.00. The van der Waals surface area contributed by atoms with E-state index in [2.05, 4.69) is 21.3 Å². The van der Waals surface area contributed by atoms with Crippen molar-refractivity contribution in [2.24, 2.45) is 41.4 Å². The van der Waals surface area contributed by atoms with E-state index in [1.807, 2.05) is 41.5 Å². The summed E-state index contributed by atoms with van der Waals surface area (Å²) >= 11 is 0. The first-order valence-corrected chi connectivity index (χ1v) is 32.0. The van der Waals surface area contributed by atoms with Crippen LogP contribution in [0.4, 0.5) is 0 Å². The third-order valence-corrected chi connectivity index (χ3v) is 17.0. The Morgan fingerprint density at radius 2 is 0.856 bits per heavy atom. The number of aliphatic hydroxyl groups is 1. The molecule has 0 radical (unpaired) electrons. The van der Waals surface area contributed by atoms with Gasteiger partial charge >= 0.3 is 0 Å². The zero-order valence-corrected chi connectivity index (χ0v) is 58.6. The van der Waals surface area contributed by atoms with Crippen molar-refractivity contribution in [3.8, 4) is 0 Å². The lowest BCUT2D eigenvalue weighted by molar-refractivity contribution is -0.481. The van der Waals surface area contributed by atoms with Crippen molar-refractivity contribution in [3.63, 3.8) is 0 Å². The molecule has 1 saturated heterocycles. The molecule has 1 aliphatic heterocycles. The zero-order chi connectivity index (χ0) is 69.8. The fraction of sp³-hybridized carbons (Fsp3) is 0.797. The highest BCUT2D eigenvalue weighted by Crippen LogP contribution is 2.26. The van der Waals surface area contributed by atoms with Crippen LogP contribution in [0.15, 0.2) is 12.2 Å². The predicted octanol–water partition coefficient (Wildman–Crippen LogP) is 3.30. The summed E-state index contributed by atoms with van der Waals surface area (Å²) in [6.07, 6.45) is 1.91. The molecule has 0 unspecified atom stereocenters. The van der Waals surface area contributed by atoms with Crippen molar-refractivity contribution in [1.82, 2.24) is 55.6 Å². The van der Waals surface area contributed by atoms with Gasteiger partial charge < -0.3 is 60.7 Å². The number of hydrogen-bond donors (Lipinski definition) is 5. The van der Waals surface area contributed by atoms with Crippen LogP contribution in [0.2, 0.25) is 0 Å². The minimum Gasteiger partial charge on any atom is -0.390 e. The van der Waals surface area contributed by atoms with Crippen LogP contribution in [0.1, 0.15) is 163 Å². The quantitative estimate of drug-likeness (QED) is 0.0748. The number of nitro groups is 1. The highest BCUT2D eigenvalue weighted by atomic mass is 16.6. The van der Waals surface area contributed by atoms with Crippen LogP contribution < -0.4 is 21.3 Å². The molecule has 26 heteroatoms. The Bertz CT molecular complexity index is 2510. The first-order chi connectivity index (χ1) is 41.5. The van der Waals surface area contributed by atoms with Crippen LogP contribution in [0.3, 0.4) is 0 Å². The van der Waals surface area contributed by atoms with Gasteiger partial charge in [0.15, 0.2) is 0 Å². The number of carbonyl (C=O) groups excluding carboxylic acids is 11. The van der Waals surface area contributed by atoms with E-state index >= 15 is 19.2 Å². The second kappa shape index (κ2) is 36.9. The molecule has 0 spiro atoms. The number of nitrogens with one attached hydrogen (secondary N) is 4. The van der Waals surface area contributed by atoms with Gasteiger partial charge in [-0.3, -0.25) is 62.9 Å². The molecule has 1 aliphatic rings. The van der Waals surface area contributed by atoms with Crippen molar-refractivity contribution < 1.29 is 62.8 Å². The molecule has 1 fully saturated rings. The van der Waals surface area contributed by atoms with E-state index < -0.39 is 173 Å². The van der Waals surface area contributed by atoms with Gasteiger partial charge in [0.2, 0.25) is 71.5 Å². The van der Waals surface area contributed by atoms with Gasteiger partial charge in [-0.05, 0) is 101 Å². The lowest BCUT2D eigenvalue weighted by atomic mass is 9.91. The lowest BCUT2D eigenvalue weighted by Gasteiger charge is -2.41. The molecule has 5 N–H and O–H groups in total. The first kappa shape index (κ1) is 81.3. The van der Waals surface area contributed by atoms with Gasteiger partial charge in [0.05, 0.1) is 6.10 Å². The van der Waals surface area contributed by atoms with Gasteiger partial charge in [0.25, 0.3) is 0 Å². The number of aliphatic hydroxyl groups excluding tert-OH is 1. The normalized spacial score (nSPS) is 26.9. The van der Waals surface area contributed by atoms with E-state index in [0.29, 0.717) is 0 Å². The average Bonchev–Trinajstić information content (AvgIpc) is 1.07. The molecule has 13 atom stereocenters. The number of carbonyl (C=O) groups is 11. The number of hydrogen-bond acceptors (Lipinski definition) is 14. The van der Waals surface area contributed by atoms with E-state index in [-0.39, 0.29) is 62.2 Å². The van der Waals surface area contributed by atoms with Crippen LogP contribution in [-0.2, 0) is 52.7 Å². The summed E-state index contributed by atoms with van der Waals surface area (Å²) in [5.74, 6) is -11.1. The topological polar surface area (TPSA) is 322 Å². The van der Waals surface area contributed by atoms with E-state index in [9.17, 15) is 48.8 Å². The number of amides is 11. The van der Waals surface area contributed by atoms with E-state index in [1.165, 1.54) is 82.8 Å². The molecule has 1 rings (SSSR count). The minimum atomic E-state index is -1.71. The molecule has 0 aromatic rings. The van der Waals surface area contributed by atoms with E-state index in [4.69, 9.17) is 0 Å². The lowest BCUT2D eigenvalue weighted by Crippen LogP contribution is -2.64. The van der Waals surface area contributed by atoms with Crippen LogP contribution in [0.5, 0.6) is 0 Å². The zero-order valence-electron chi connectivity index (χ0n) is 58.6. The van der Waals surface area contributed by atoms with Crippen LogP contribution in [0.25, 0.3) is 0 Å². The maximum Gasteiger partial charge on any atom is 0.246 e. The molecule has 514 valence electrons. The summed E-state index contributed by atoms with van der Waals surface area (Å²) in [6, 6.07) is -14.8. The van der Waals surface area contributed by atoms with Crippen molar-refractivity contribution in [3.05, 3.63) is 22.3 Å². The Morgan fingerprint density at radius 1 is 0.467 bits per heavy atom. The number of allylic oxidation sites excluding steroid dienone is 2. The highest BCUT2D eigenvalue weighted by Gasteiger charge is 2.46. The molecular formula is C64H114N12O14. The molecule has 0 aromatic carbocycles. The Labute approximate surface area is 536 Å². The van der Waals surface area contributed by atoms with Gasteiger partial charge in [0, 0.05) is 60.7 Å². The Balaban J connectivity index is 4.51. The molecule has 0 aliphatic carbocycles. The molecule has 90 heavy (non-hydrogen) atoms. The summed E-state index contributed by atoms with van der Waals surface area (Å²) in [5.41, 5.74) is 0. The van der Waals surface area contributed by atoms with Crippen molar-refractivity contribution in [1.29, 1.82) is 0 Å². The van der Waals surface area contributed by atoms with Crippen molar-refractivity contribution in [2.75, 3.05) is 55.9 Å². The maximum atomic E-state index is 15.2. The molecule has 0 aromatic heterocycles. The predicted molar refractivity (Wildman–Crippen MR) is 344 cm³/mol. The van der Waals surface area contributed by atoms with Gasteiger partial charge in [-0.15, -0.1) is 0 Å². The fourth-order valence-corrected chi connectivity index (χ4v) is 11.3. The fourth-order valence-electron chi connectivity index (χ4n) is 11.3. The molecule has 26 nitrogen and oxygen atoms in total. The third-order valence-electron chi connectivity index (χ3n) is 17.0. The molecule has 0 bridgehead atoms. The summed E-state index contributed by atoms with van der Waals surface area (Å²) in [4.78, 5) is 182. The van der Waals surface area contributed by atoms with E-state index in [0.717, 1.165) is 14.7 Å². The third kappa shape index (κ3) is 22.6. The summed E-state index contributed by atoms with van der Waals surface area (Å²) in [7, 11) is 9.51. The van der Waals surface area contributed by atoms with Crippen LogP contribution in [-0.4, -0.2) is 238 Å². The number of likely N-dealkylation sites (N-methyl/N-ethyl adjacent to an activating group) is 7. The maximum absolute atomic E-state index is 15.2. The monoisotopic (exact) mass is 1270 g/mol. The molecule has 0 saturated carbocycles. The standard InChI is InChI=1S/C64H114N12O14/c1-25-27-28-41(15)53(77)52-57(81)67-44(26-2)59(83)69(18)45(29-30-76(89)90)60(84)70(19)47(32-36(5)6)56(80)68-50(39(11)12)63(87)71(20)46(31-35(3)4)55(79)65-42(16)54(78)66-43(17)58(82)72(21)48(33-37(7)8)61(85)73(22)49(34-38(9)10)62(86)74(23)51(40(13)14)64(88)75(52)24/h25,27,35-53,77H,26,28-34H2,1-24H3,(H,65,79)(H,66,78)(H,67,81)(H,68,80)/t41-,42+,43-,44+,45-,46+,47+,48+,49+,50+,51+,52+,53-/m1/s1. The van der Waals surface area contributed by atoms with E-state index in [1.54, 1.807) is 74.5 Å². The van der Waals surface area contributed by atoms with Gasteiger partial charge in [0.1, 0.15) is 66.5 Å². The Morgan fingerprint density at radius 3 is 1.29 bits per heavy atom. The van der Waals surface area contributed by atoms with Gasteiger partial charge in [-0.1, -0.05) is 109 Å². The second-order valence-electron chi connectivity index (χ2n) is 27.2. The summed E-state index contributed by atoms with van der Waals surface area (Å²) < 4.78 is 0. The summed E-state index contributed by atoms with van der Waals surface area (Å²) in [6.45, 7) is 28.5. The van der Waals surface area contributed by atoms with Gasteiger partial charge in [-0.2, -0.15) is 0 Å². The Hall–Kier alpha value is -6.73. The van der Waals surface area contributed by atoms with Crippen LogP contribution >= 0.6 is 0 Å². The number of nitrogens with zero attached hydrogens (tertiary/aromatic N) is 8. The molecular weight excluding hydrogens is 1160 g/mol. The van der Waals surface area contributed by atoms with Crippen molar-refractivity contribution in [2.45, 2.75) is 235 Å². The molecule has 1 heterocycles. The average molecular weight is 1280 g/mol. The minimum absolute atomic E-state index is 0.0191. The largest absolute Gasteiger partial charge is 0.390 e.